The first-order valence-corrected chi connectivity index (χ1v) is 6.11. The van der Waals surface area contributed by atoms with Gasteiger partial charge in [-0.2, -0.15) is 0 Å². The predicted molar refractivity (Wildman–Crippen MR) is 67.7 cm³/mol. The first-order valence-electron chi connectivity index (χ1n) is 6.11. The van der Waals surface area contributed by atoms with Gasteiger partial charge in [0.15, 0.2) is 0 Å². The maximum atomic E-state index is 12.0. The van der Waals surface area contributed by atoms with E-state index < -0.39 is 5.60 Å². The molecule has 2 nitrogen and oxygen atoms in total. The van der Waals surface area contributed by atoms with Gasteiger partial charge in [0.05, 0.1) is 5.92 Å². The van der Waals surface area contributed by atoms with Crippen LogP contribution in [0.15, 0.2) is 30.3 Å². The van der Waals surface area contributed by atoms with Crippen LogP contribution >= 0.6 is 0 Å². The molecular formula is C15H20O2. The molecule has 1 aromatic carbocycles. The summed E-state index contributed by atoms with van der Waals surface area (Å²) in [7, 11) is 0. The summed E-state index contributed by atoms with van der Waals surface area (Å²) >= 11 is 0. The van der Waals surface area contributed by atoms with Crippen LogP contribution in [0.3, 0.4) is 0 Å². The van der Waals surface area contributed by atoms with Crippen LogP contribution in [0, 0.1) is 5.92 Å². The van der Waals surface area contributed by atoms with Crippen molar-refractivity contribution in [3.05, 3.63) is 35.9 Å². The fourth-order valence-electron chi connectivity index (χ4n) is 2.22. The molecule has 0 saturated heterocycles. The Morgan fingerprint density at radius 1 is 1.29 bits per heavy atom. The minimum Gasteiger partial charge on any atom is -0.460 e. The van der Waals surface area contributed by atoms with Crippen molar-refractivity contribution in [1.82, 2.24) is 0 Å². The van der Waals surface area contributed by atoms with Gasteiger partial charge in [-0.05, 0) is 32.8 Å². The molecule has 1 unspecified atom stereocenters. The van der Waals surface area contributed by atoms with Gasteiger partial charge in [0, 0.05) is 5.41 Å². The summed E-state index contributed by atoms with van der Waals surface area (Å²) in [5, 5.41) is 0. The smallest absolute Gasteiger partial charge is 0.310 e. The van der Waals surface area contributed by atoms with Gasteiger partial charge in [-0.15, -0.1) is 0 Å². The molecule has 1 saturated carbocycles. The summed E-state index contributed by atoms with van der Waals surface area (Å²) in [6.45, 7) is 7.87. The van der Waals surface area contributed by atoms with Crippen LogP contribution in [0.1, 0.15) is 39.7 Å². The first-order chi connectivity index (χ1) is 7.83. The normalized spacial score (nSPS) is 27.6. The van der Waals surface area contributed by atoms with Crippen LogP contribution in [0.5, 0.6) is 0 Å². The summed E-state index contributed by atoms with van der Waals surface area (Å²) in [5.41, 5.74) is 0.816. The van der Waals surface area contributed by atoms with E-state index in [2.05, 4.69) is 19.1 Å². The van der Waals surface area contributed by atoms with Crippen LogP contribution in [0.25, 0.3) is 0 Å². The van der Waals surface area contributed by atoms with E-state index in [9.17, 15) is 4.79 Å². The fourth-order valence-corrected chi connectivity index (χ4v) is 2.22. The van der Waals surface area contributed by atoms with Gasteiger partial charge >= 0.3 is 5.97 Å². The number of rotatable bonds is 2. The van der Waals surface area contributed by atoms with Crippen molar-refractivity contribution in [3.63, 3.8) is 0 Å². The molecule has 1 aliphatic carbocycles. The molecule has 0 aromatic heterocycles. The topological polar surface area (TPSA) is 26.3 Å². The third kappa shape index (κ3) is 2.51. The molecule has 0 heterocycles. The third-order valence-corrected chi connectivity index (χ3v) is 3.36. The third-order valence-electron chi connectivity index (χ3n) is 3.36. The van der Waals surface area contributed by atoms with Gasteiger partial charge in [-0.25, -0.2) is 0 Å². The molecule has 1 aliphatic rings. The number of carbonyl (C=O) groups is 1. The van der Waals surface area contributed by atoms with E-state index in [1.165, 1.54) is 5.56 Å². The van der Waals surface area contributed by atoms with E-state index in [4.69, 9.17) is 4.74 Å². The van der Waals surface area contributed by atoms with Gasteiger partial charge < -0.3 is 4.74 Å². The Morgan fingerprint density at radius 3 is 2.41 bits per heavy atom. The average Bonchev–Trinajstić information content (AvgIpc) is 2.92. The van der Waals surface area contributed by atoms with E-state index in [0.717, 1.165) is 6.42 Å². The highest BCUT2D eigenvalue weighted by Crippen LogP contribution is 2.54. The van der Waals surface area contributed by atoms with Crippen LogP contribution in [0.4, 0.5) is 0 Å². The Kier molecular flexibility index (Phi) is 2.76. The van der Waals surface area contributed by atoms with Crippen molar-refractivity contribution >= 4 is 5.97 Å². The fraction of sp³-hybridized carbons (Fsp3) is 0.533. The van der Waals surface area contributed by atoms with Gasteiger partial charge in [0.25, 0.3) is 0 Å². The first kappa shape index (κ1) is 12.2. The molecule has 1 fully saturated rings. The van der Waals surface area contributed by atoms with Crippen molar-refractivity contribution in [2.24, 2.45) is 5.92 Å². The number of hydrogen-bond acceptors (Lipinski definition) is 2. The van der Waals surface area contributed by atoms with Crippen molar-refractivity contribution < 1.29 is 9.53 Å². The Hall–Kier alpha value is -1.31. The minimum atomic E-state index is -0.392. The summed E-state index contributed by atoms with van der Waals surface area (Å²) in [6, 6.07) is 10.2. The quantitative estimate of drug-likeness (QED) is 0.731. The second-order valence-electron chi connectivity index (χ2n) is 6.07. The Morgan fingerprint density at radius 2 is 1.88 bits per heavy atom. The number of esters is 1. The van der Waals surface area contributed by atoms with E-state index in [1.807, 2.05) is 39.0 Å². The molecule has 0 radical (unpaired) electrons. The largest absolute Gasteiger partial charge is 0.460 e. The van der Waals surface area contributed by atoms with Crippen LogP contribution in [-0.2, 0) is 14.9 Å². The van der Waals surface area contributed by atoms with Crippen molar-refractivity contribution in [3.8, 4) is 0 Å². The molecule has 0 aliphatic heterocycles. The lowest BCUT2D eigenvalue weighted by molar-refractivity contribution is -0.157. The van der Waals surface area contributed by atoms with Crippen molar-refractivity contribution in [2.75, 3.05) is 0 Å². The Bertz CT molecular complexity index is 416. The molecule has 0 amide bonds. The molecule has 0 bridgehead atoms. The van der Waals surface area contributed by atoms with E-state index in [-0.39, 0.29) is 17.3 Å². The Labute approximate surface area is 103 Å². The molecule has 92 valence electrons. The second-order valence-corrected chi connectivity index (χ2v) is 6.07. The zero-order valence-electron chi connectivity index (χ0n) is 11.0. The molecule has 17 heavy (non-hydrogen) atoms. The van der Waals surface area contributed by atoms with E-state index in [0.29, 0.717) is 0 Å². The number of carbonyl (C=O) groups excluding carboxylic acids is 1. The zero-order chi connectivity index (χ0) is 12.7. The lowest BCUT2D eigenvalue weighted by Crippen LogP contribution is -2.26. The molecular weight excluding hydrogens is 212 g/mol. The maximum absolute atomic E-state index is 12.0. The summed E-state index contributed by atoms with van der Waals surface area (Å²) in [5.74, 6) is -0.0482. The van der Waals surface area contributed by atoms with Crippen LogP contribution in [0.2, 0.25) is 0 Å². The minimum absolute atomic E-state index is 0.0177. The lowest BCUT2D eigenvalue weighted by Gasteiger charge is -2.20. The summed E-state index contributed by atoms with van der Waals surface area (Å²) in [6.07, 6.45) is 0.895. The SMILES string of the molecule is CC(C)(C)OC(=O)C1C[C@]1(C)c1ccccc1. The molecule has 0 spiro atoms. The zero-order valence-corrected chi connectivity index (χ0v) is 11.0. The van der Waals surface area contributed by atoms with Gasteiger partial charge in [0.2, 0.25) is 0 Å². The highest BCUT2D eigenvalue weighted by Gasteiger charge is 2.56. The highest BCUT2D eigenvalue weighted by atomic mass is 16.6. The van der Waals surface area contributed by atoms with E-state index >= 15 is 0 Å². The van der Waals surface area contributed by atoms with Crippen LogP contribution < -0.4 is 0 Å². The van der Waals surface area contributed by atoms with Crippen LogP contribution in [-0.4, -0.2) is 11.6 Å². The lowest BCUT2D eigenvalue weighted by atomic mass is 9.95. The number of benzene rings is 1. The summed E-state index contributed by atoms with van der Waals surface area (Å²) in [4.78, 5) is 12.0. The maximum Gasteiger partial charge on any atom is 0.310 e. The van der Waals surface area contributed by atoms with Gasteiger partial charge in [0.1, 0.15) is 5.60 Å². The standard InChI is InChI=1S/C15H20O2/c1-14(2,3)17-13(16)12-10-15(12,4)11-8-6-5-7-9-11/h5-9,12H,10H2,1-4H3/t12?,15-/m1/s1. The molecule has 2 atom stereocenters. The van der Waals surface area contributed by atoms with Crippen molar-refractivity contribution in [1.29, 1.82) is 0 Å². The Balaban J connectivity index is 2.07. The number of hydrogen-bond donors (Lipinski definition) is 0. The molecule has 0 N–H and O–H groups in total. The second kappa shape index (κ2) is 3.86. The molecule has 2 heteroatoms. The summed E-state index contributed by atoms with van der Waals surface area (Å²) < 4.78 is 5.44. The molecule has 1 aromatic rings. The van der Waals surface area contributed by atoms with Gasteiger partial charge in [-0.1, -0.05) is 37.3 Å². The van der Waals surface area contributed by atoms with Crippen molar-refractivity contribution in [2.45, 2.75) is 45.1 Å². The monoisotopic (exact) mass is 232 g/mol. The number of ether oxygens (including phenoxy) is 1. The predicted octanol–water partition coefficient (Wildman–Crippen LogP) is 3.31. The highest BCUT2D eigenvalue weighted by molar-refractivity contribution is 5.79. The average molecular weight is 232 g/mol. The van der Waals surface area contributed by atoms with Gasteiger partial charge in [-0.3, -0.25) is 4.79 Å². The molecule has 2 rings (SSSR count). The van der Waals surface area contributed by atoms with E-state index in [1.54, 1.807) is 0 Å².